The molecule has 1 nitrogen and oxygen atoms in total. The van der Waals surface area contributed by atoms with E-state index in [1.807, 2.05) is 18.2 Å². The molecule has 0 aliphatic heterocycles. The molecule has 2 rings (SSSR count). The van der Waals surface area contributed by atoms with Crippen molar-refractivity contribution in [1.29, 1.82) is 0 Å². The van der Waals surface area contributed by atoms with E-state index < -0.39 is 0 Å². The van der Waals surface area contributed by atoms with Crippen LogP contribution in [-0.2, 0) is 4.74 Å². The fraction of sp³-hybridized carbons (Fsp3) is 0.167. The van der Waals surface area contributed by atoms with Crippen LogP contribution >= 0.6 is 43.2 Å². The Kier molecular flexibility index (Phi) is 4.19. The maximum Gasteiger partial charge on any atom is 0.116 e. The van der Waals surface area contributed by atoms with Crippen molar-refractivity contribution in [2.45, 2.75) is 6.10 Å². The minimum absolute atomic E-state index is 0.00815. The van der Waals surface area contributed by atoms with Crippen LogP contribution in [0.4, 0.5) is 0 Å². The fourth-order valence-electron chi connectivity index (χ4n) is 1.54. The van der Waals surface area contributed by atoms with Crippen LogP contribution in [0.25, 0.3) is 0 Å². The van der Waals surface area contributed by atoms with Gasteiger partial charge in [0.15, 0.2) is 0 Å². The predicted molar refractivity (Wildman–Crippen MR) is 75.0 cm³/mol. The molecule has 0 aliphatic rings. The Hall–Kier alpha value is -0.160. The van der Waals surface area contributed by atoms with Gasteiger partial charge in [-0.15, -0.1) is 11.3 Å². The van der Waals surface area contributed by atoms with Gasteiger partial charge in [-0.05, 0) is 43.5 Å². The second-order valence-electron chi connectivity index (χ2n) is 3.30. The number of hydrogen-bond acceptors (Lipinski definition) is 2. The molecule has 16 heavy (non-hydrogen) atoms. The molecular weight excluding hydrogens is 352 g/mol. The van der Waals surface area contributed by atoms with Crippen molar-refractivity contribution in [3.63, 3.8) is 0 Å². The van der Waals surface area contributed by atoms with Gasteiger partial charge in [0.25, 0.3) is 0 Å². The predicted octanol–water partition coefficient (Wildman–Crippen LogP) is 5.01. The third-order valence-corrected chi connectivity index (χ3v) is 5.56. The lowest BCUT2D eigenvalue weighted by atomic mass is 10.1. The fourth-order valence-corrected chi connectivity index (χ4v) is 3.73. The van der Waals surface area contributed by atoms with Crippen LogP contribution in [0.1, 0.15) is 16.5 Å². The van der Waals surface area contributed by atoms with Crippen molar-refractivity contribution in [1.82, 2.24) is 0 Å². The Morgan fingerprint density at radius 2 is 1.88 bits per heavy atom. The highest BCUT2D eigenvalue weighted by atomic mass is 79.9. The van der Waals surface area contributed by atoms with Gasteiger partial charge in [-0.2, -0.15) is 0 Å². The zero-order valence-corrected chi connectivity index (χ0v) is 12.6. The highest BCUT2D eigenvalue weighted by Gasteiger charge is 2.16. The number of halogens is 2. The average molecular weight is 362 g/mol. The molecule has 4 heteroatoms. The Bertz CT molecular complexity index is 448. The molecule has 0 saturated heterocycles. The molecule has 1 aromatic heterocycles. The van der Waals surface area contributed by atoms with Crippen molar-refractivity contribution in [3.8, 4) is 0 Å². The van der Waals surface area contributed by atoms with Gasteiger partial charge >= 0.3 is 0 Å². The Morgan fingerprint density at radius 1 is 1.19 bits per heavy atom. The first-order chi connectivity index (χ1) is 7.72. The van der Waals surface area contributed by atoms with E-state index in [-0.39, 0.29) is 6.10 Å². The van der Waals surface area contributed by atoms with Crippen LogP contribution in [0, 0.1) is 0 Å². The first-order valence-corrected chi connectivity index (χ1v) is 7.15. The SMILES string of the molecule is COC(c1ccccc1)c1cc(Br)c(Br)s1. The summed E-state index contributed by atoms with van der Waals surface area (Å²) in [5.74, 6) is 0. The van der Waals surface area contributed by atoms with E-state index in [4.69, 9.17) is 4.74 Å². The normalized spacial score (nSPS) is 12.7. The molecule has 0 saturated carbocycles. The largest absolute Gasteiger partial charge is 0.371 e. The van der Waals surface area contributed by atoms with E-state index in [0.717, 1.165) is 8.26 Å². The third kappa shape index (κ3) is 2.56. The standard InChI is InChI=1S/C12H10Br2OS/c1-15-11(8-5-3-2-4-6-8)10-7-9(13)12(14)16-10/h2-7,11H,1H3. The molecule has 0 aliphatic carbocycles. The maximum atomic E-state index is 5.56. The van der Waals surface area contributed by atoms with Crippen LogP contribution in [0.5, 0.6) is 0 Å². The van der Waals surface area contributed by atoms with Gasteiger partial charge in [0.2, 0.25) is 0 Å². The molecule has 2 aromatic rings. The Morgan fingerprint density at radius 3 is 2.38 bits per heavy atom. The Labute approximate surface area is 116 Å². The average Bonchev–Trinajstić information content (AvgIpc) is 2.61. The third-order valence-electron chi connectivity index (χ3n) is 2.26. The molecule has 1 heterocycles. The maximum absolute atomic E-state index is 5.56. The van der Waals surface area contributed by atoms with Crippen LogP contribution in [0.3, 0.4) is 0 Å². The number of benzene rings is 1. The summed E-state index contributed by atoms with van der Waals surface area (Å²) in [6.45, 7) is 0. The molecule has 0 N–H and O–H groups in total. The van der Waals surface area contributed by atoms with Gasteiger partial charge in [-0.25, -0.2) is 0 Å². The van der Waals surface area contributed by atoms with Crippen LogP contribution in [-0.4, -0.2) is 7.11 Å². The molecule has 1 aromatic carbocycles. The van der Waals surface area contributed by atoms with Crippen LogP contribution in [0.15, 0.2) is 44.7 Å². The van der Waals surface area contributed by atoms with E-state index in [1.54, 1.807) is 18.4 Å². The molecule has 0 fully saturated rings. The second-order valence-corrected chi connectivity index (χ2v) is 6.55. The number of hydrogen-bond donors (Lipinski definition) is 0. The summed E-state index contributed by atoms with van der Waals surface area (Å²) < 4.78 is 7.73. The Balaban J connectivity index is 2.37. The van der Waals surface area contributed by atoms with Gasteiger partial charge < -0.3 is 4.74 Å². The van der Waals surface area contributed by atoms with Gasteiger partial charge in [0, 0.05) is 16.5 Å². The van der Waals surface area contributed by atoms with Crippen molar-refractivity contribution < 1.29 is 4.74 Å². The van der Waals surface area contributed by atoms with E-state index in [2.05, 4.69) is 50.1 Å². The summed E-state index contributed by atoms with van der Waals surface area (Å²) in [7, 11) is 1.74. The number of ether oxygens (including phenoxy) is 1. The lowest BCUT2D eigenvalue weighted by Crippen LogP contribution is -2.00. The molecule has 0 bridgehead atoms. The van der Waals surface area contributed by atoms with Crippen molar-refractivity contribution in [2.24, 2.45) is 0 Å². The number of rotatable bonds is 3. The molecule has 0 amide bonds. The van der Waals surface area contributed by atoms with Gasteiger partial charge in [0.05, 0.1) is 3.79 Å². The van der Waals surface area contributed by atoms with E-state index >= 15 is 0 Å². The lowest BCUT2D eigenvalue weighted by Gasteiger charge is -2.13. The smallest absolute Gasteiger partial charge is 0.116 e. The van der Waals surface area contributed by atoms with E-state index in [1.165, 1.54) is 10.4 Å². The zero-order valence-electron chi connectivity index (χ0n) is 8.61. The van der Waals surface area contributed by atoms with Crippen molar-refractivity contribution >= 4 is 43.2 Å². The van der Waals surface area contributed by atoms with Gasteiger partial charge in [-0.3, -0.25) is 0 Å². The van der Waals surface area contributed by atoms with E-state index in [0.29, 0.717) is 0 Å². The first kappa shape index (κ1) is 12.3. The summed E-state index contributed by atoms with van der Waals surface area (Å²) in [6.07, 6.45) is 0.00815. The summed E-state index contributed by atoms with van der Waals surface area (Å²) >= 11 is 8.68. The van der Waals surface area contributed by atoms with Gasteiger partial charge in [0.1, 0.15) is 6.10 Å². The molecule has 84 valence electrons. The van der Waals surface area contributed by atoms with Crippen molar-refractivity contribution in [2.75, 3.05) is 7.11 Å². The van der Waals surface area contributed by atoms with Crippen molar-refractivity contribution in [3.05, 3.63) is 55.1 Å². The van der Waals surface area contributed by atoms with Crippen LogP contribution in [0.2, 0.25) is 0 Å². The summed E-state index contributed by atoms with van der Waals surface area (Å²) in [5, 5.41) is 0. The highest BCUT2D eigenvalue weighted by Crippen LogP contribution is 2.38. The monoisotopic (exact) mass is 360 g/mol. The summed E-state index contributed by atoms with van der Waals surface area (Å²) in [6, 6.07) is 12.3. The molecule has 0 spiro atoms. The lowest BCUT2D eigenvalue weighted by molar-refractivity contribution is 0.139. The molecule has 0 radical (unpaired) electrons. The quantitative estimate of drug-likeness (QED) is 0.746. The van der Waals surface area contributed by atoms with Crippen LogP contribution < -0.4 is 0 Å². The van der Waals surface area contributed by atoms with Gasteiger partial charge in [-0.1, -0.05) is 30.3 Å². The zero-order chi connectivity index (χ0) is 11.5. The molecular formula is C12H10Br2OS. The topological polar surface area (TPSA) is 9.23 Å². The number of thiophene rings is 1. The molecule has 1 atom stereocenters. The summed E-state index contributed by atoms with van der Waals surface area (Å²) in [5.41, 5.74) is 1.17. The highest BCUT2D eigenvalue weighted by molar-refractivity contribution is 9.13. The minimum Gasteiger partial charge on any atom is -0.371 e. The second kappa shape index (κ2) is 5.45. The molecule has 1 unspecified atom stereocenters. The number of methoxy groups -OCH3 is 1. The first-order valence-electron chi connectivity index (χ1n) is 4.75. The minimum atomic E-state index is 0.00815. The van der Waals surface area contributed by atoms with E-state index in [9.17, 15) is 0 Å². The summed E-state index contributed by atoms with van der Waals surface area (Å²) in [4.78, 5) is 1.19.